The Hall–Kier alpha value is -1.19. The summed E-state index contributed by atoms with van der Waals surface area (Å²) in [7, 11) is 0. The molecule has 0 amide bonds. The summed E-state index contributed by atoms with van der Waals surface area (Å²) in [6.45, 7) is 4.20. The number of nitrogens with two attached hydrogens (primary N) is 1. The van der Waals surface area contributed by atoms with Crippen molar-refractivity contribution in [2.75, 3.05) is 0 Å². The van der Waals surface area contributed by atoms with Crippen LogP contribution in [0, 0.1) is 19.7 Å². The van der Waals surface area contributed by atoms with Crippen LogP contribution >= 0.6 is 15.9 Å². The van der Waals surface area contributed by atoms with Gasteiger partial charge in [-0.2, -0.15) is 0 Å². The minimum atomic E-state index is -0.221. The molecule has 0 aliphatic carbocycles. The number of hydrogen-bond donors (Lipinski definition) is 1. The van der Waals surface area contributed by atoms with Gasteiger partial charge in [0.15, 0.2) is 0 Å². The molecule has 0 radical (unpaired) electrons. The molecule has 1 atom stereocenters. The lowest BCUT2D eigenvalue weighted by atomic mass is 9.97. The van der Waals surface area contributed by atoms with Gasteiger partial charge in [-0.15, -0.1) is 0 Å². The molecular formula is C17H19BrFN. The van der Waals surface area contributed by atoms with E-state index in [1.165, 1.54) is 22.8 Å². The van der Waals surface area contributed by atoms with Gasteiger partial charge in [-0.1, -0.05) is 34.1 Å². The molecule has 1 unspecified atom stereocenters. The van der Waals surface area contributed by atoms with E-state index in [4.69, 9.17) is 5.73 Å². The van der Waals surface area contributed by atoms with E-state index < -0.39 is 0 Å². The molecule has 0 saturated heterocycles. The predicted octanol–water partition coefficient (Wildman–Crippen LogP) is 4.32. The molecular weight excluding hydrogens is 317 g/mol. The molecule has 0 spiro atoms. The minimum Gasteiger partial charge on any atom is -0.327 e. The molecule has 2 rings (SSSR count). The van der Waals surface area contributed by atoms with E-state index in [1.54, 1.807) is 12.1 Å². The Morgan fingerprint density at radius 3 is 2.50 bits per heavy atom. The molecule has 0 aromatic heterocycles. The summed E-state index contributed by atoms with van der Waals surface area (Å²) in [5.41, 5.74) is 10.9. The van der Waals surface area contributed by atoms with Crippen LogP contribution < -0.4 is 5.73 Å². The lowest BCUT2D eigenvalue weighted by Gasteiger charge is -2.14. The molecule has 2 N–H and O–H groups in total. The highest BCUT2D eigenvalue weighted by Crippen LogP contribution is 2.20. The smallest absolute Gasteiger partial charge is 0.123 e. The Labute approximate surface area is 128 Å². The number of halogens is 2. The summed E-state index contributed by atoms with van der Waals surface area (Å²) in [4.78, 5) is 0. The zero-order chi connectivity index (χ0) is 14.7. The van der Waals surface area contributed by atoms with Gasteiger partial charge in [-0.25, -0.2) is 4.39 Å². The van der Waals surface area contributed by atoms with Crippen molar-refractivity contribution in [2.45, 2.75) is 32.7 Å². The first-order chi connectivity index (χ1) is 9.45. The third kappa shape index (κ3) is 3.90. The van der Waals surface area contributed by atoms with Crippen LogP contribution in [0.1, 0.15) is 22.3 Å². The average Bonchev–Trinajstić information content (AvgIpc) is 2.38. The van der Waals surface area contributed by atoms with Gasteiger partial charge < -0.3 is 5.73 Å². The van der Waals surface area contributed by atoms with Gasteiger partial charge >= 0.3 is 0 Å². The molecule has 0 bridgehead atoms. The lowest BCUT2D eigenvalue weighted by Crippen LogP contribution is -2.25. The first-order valence-corrected chi connectivity index (χ1v) is 7.50. The van der Waals surface area contributed by atoms with E-state index in [2.05, 4.69) is 48.0 Å². The van der Waals surface area contributed by atoms with E-state index in [0.717, 1.165) is 16.5 Å². The quantitative estimate of drug-likeness (QED) is 0.884. The van der Waals surface area contributed by atoms with Crippen molar-refractivity contribution >= 4 is 15.9 Å². The lowest BCUT2D eigenvalue weighted by molar-refractivity contribution is 0.617. The normalized spacial score (nSPS) is 12.4. The van der Waals surface area contributed by atoms with E-state index in [0.29, 0.717) is 6.42 Å². The number of rotatable bonds is 4. The Morgan fingerprint density at radius 1 is 1.05 bits per heavy atom. The van der Waals surface area contributed by atoms with Crippen molar-refractivity contribution in [1.29, 1.82) is 0 Å². The molecule has 1 nitrogen and oxygen atoms in total. The Balaban J connectivity index is 2.06. The van der Waals surface area contributed by atoms with E-state index >= 15 is 0 Å². The van der Waals surface area contributed by atoms with Crippen LogP contribution in [0.5, 0.6) is 0 Å². The third-order valence-electron chi connectivity index (χ3n) is 3.56. The molecule has 2 aromatic rings. The van der Waals surface area contributed by atoms with Crippen molar-refractivity contribution in [3.05, 3.63) is 68.9 Å². The summed E-state index contributed by atoms with van der Waals surface area (Å²) in [6.07, 6.45) is 1.45. The van der Waals surface area contributed by atoms with Crippen LogP contribution in [0.3, 0.4) is 0 Å². The molecule has 0 aliphatic heterocycles. The van der Waals surface area contributed by atoms with Gasteiger partial charge in [-0.3, -0.25) is 0 Å². The van der Waals surface area contributed by atoms with Crippen LogP contribution in [0.2, 0.25) is 0 Å². The second kappa shape index (κ2) is 6.51. The van der Waals surface area contributed by atoms with Crippen LogP contribution in [0.25, 0.3) is 0 Å². The standard InChI is InChI=1S/C17H19BrFN/c1-11-3-4-13(7-12(11)2)8-16(20)10-14-9-15(19)5-6-17(14)18/h3-7,9,16H,8,10,20H2,1-2H3. The Kier molecular flexibility index (Phi) is 4.95. The monoisotopic (exact) mass is 335 g/mol. The van der Waals surface area contributed by atoms with Crippen molar-refractivity contribution in [1.82, 2.24) is 0 Å². The maximum atomic E-state index is 13.3. The molecule has 0 saturated carbocycles. The second-order valence-electron chi connectivity index (χ2n) is 5.32. The molecule has 0 fully saturated rings. The fourth-order valence-electron chi connectivity index (χ4n) is 2.29. The number of aryl methyl sites for hydroxylation is 2. The molecule has 106 valence electrons. The van der Waals surface area contributed by atoms with E-state index in [1.807, 2.05) is 0 Å². The molecule has 20 heavy (non-hydrogen) atoms. The van der Waals surface area contributed by atoms with Crippen molar-refractivity contribution in [2.24, 2.45) is 5.73 Å². The number of benzene rings is 2. The average molecular weight is 336 g/mol. The topological polar surface area (TPSA) is 26.0 Å². The van der Waals surface area contributed by atoms with Gasteiger partial charge in [-0.05, 0) is 67.1 Å². The number of hydrogen-bond acceptors (Lipinski definition) is 1. The first-order valence-electron chi connectivity index (χ1n) is 6.71. The zero-order valence-corrected chi connectivity index (χ0v) is 13.4. The van der Waals surface area contributed by atoms with Gasteiger partial charge in [0.05, 0.1) is 0 Å². The molecule has 0 heterocycles. The summed E-state index contributed by atoms with van der Waals surface area (Å²) < 4.78 is 14.2. The van der Waals surface area contributed by atoms with Gasteiger partial charge in [0.1, 0.15) is 5.82 Å². The largest absolute Gasteiger partial charge is 0.327 e. The summed E-state index contributed by atoms with van der Waals surface area (Å²) >= 11 is 3.44. The van der Waals surface area contributed by atoms with Crippen LogP contribution in [0.15, 0.2) is 40.9 Å². The summed E-state index contributed by atoms with van der Waals surface area (Å²) in [5, 5.41) is 0. The fraction of sp³-hybridized carbons (Fsp3) is 0.294. The Morgan fingerprint density at radius 2 is 1.80 bits per heavy atom. The van der Waals surface area contributed by atoms with Gasteiger partial charge in [0.2, 0.25) is 0 Å². The van der Waals surface area contributed by atoms with Crippen LogP contribution in [-0.2, 0) is 12.8 Å². The van der Waals surface area contributed by atoms with Crippen molar-refractivity contribution in [3.63, 3.8) is 0 Å². The van der Waals surface area contributed by atoms with E-state index in [-0.39, 0.29) is 11.9 Å². The van der Waals surface area contributed by atoms with Crippen LogP contribution in [0.4, 0.5) is 4.39 Å². The highest BCUT2D eigenvalue weighted by Gasteiger charge is 2.09. The van der Waals surface area contributed by atoms with E-state index in [9.17, 15) is 4.39 Å². The third-order valence-corrected chi connectivity index (χ3v) is 4.33. The maximum absolute atomic E-state index is 13.3. The van der Waals surface area contributed by atoms with Gasteiger partial charge in [0.25, 0.3) is 0 Å². The Bertz CT molecular complexity index is 610. The first kappa shape index (κ1) is 15.2. The van der Waals surface area contributed by atoms with Crippen LogP contribution in [-0.4, -0.2) is 6.04 Å². The molecule has 0 aliphatic rings. The minimum absolute atomic E-state index is 0.0183. The fourth-order valence-corrected chi connectivity index (χ4v) is 2.70. The summed E-state index contributed by atoms with van der Waals surface area (Å²) in [6, 6.07) is 11.1. The highest BCUT2D eigenvalue weighted by atomic mass is 79.9. The zero-order valence-electron chi connectivity index (χ0n) is 11.8. The second-order valence-corrected chi connectivity index (χ2v) is 6.18. The molecule has 3 heteroatoms. The molecule has 2 aromatic carbocycles. The van der Waals surface area contributed by atoms with Gasteiger partial charge in [0, 0.05) is 10.5 Å². The van der Waals surface area contributed by atoms with Crippen molar-refractivity contribution in [3.8, 4) is 0 Å². The van der Waals surface area contributed by atoms with Crippen molar-refractivity contribution < 1.29 is 4.39 Å². The maximum Gasteiger partial charge on any atom is 0.123 e. The SMILES string of the molecule is Cc1ccc(CC(N)Cc2cc(F)ccc2Br)cc1C. The summed E-state index contributed by atoms with van der Waals surface area (Å²) in [5.74, 6) is -0.221. The predicted molar refractivity (Wildman–Crippen MR) is 85.4 cm³/mol. The highest BCUT2D eigenvalue weighted by molar-refractivity contribution is 9.10.